The van der Waals surface area contributed by atoms with Crippen molar-refractivity contribution >= 4 is 19.4 Å². The van der Waals surface area contributed by atoms with E-state index in [1.165, 1.54) is 24.6 Å². The van der Waals surface area contributed by atoms with Crippen LogP contribution in [-0.2, 0) is 0 Å². The van der Waals surface area contributed by atoms with E-state index in [9.17, 15) is 0 Å². The third-order valence-corrected chi connectivity index (χ3v) is 4.06. The summed E-state index contributed by atoms with van der Waals surface area (Å²) in [5.74, 6) is 0. The molecule has 0 aromatic heterocycles. The minimum atomic E-state index is 0.719. The Hall–Kier alpha value is -0.261. The van der Waals surface area contributed by atoms with Gasteiger partial charge >= 0.3 is 81.3 Å². The van der Waals surface area contributed by atoms with Gasteiger partial charge in [-0.15, -0.1) is 0 Å². The van der Waals surface area contributed by atoms with Crippen molar-refractivity contribution in [3.63, 3.8) is 0 Å². The van der Waals surface area contributed by atoms with Crippen molar-refractivity contribution in [2.24, 2.45) is 0 Å². The van der Waals surface area contributed by atoms with Gasteiger partial charge in [0.15, 0.2) is 0 Å². The molecule has 0 atom stereocenters. The van der Waals surface area contributed by atoms with Gasteiger partial charge in [0.25, 0.3) is 0 Å². The molecule has 0 aliphatic heterocycles. The first-order valence-corrected chi connectivity index (χ1v) is 6.68. The van der Waals surface area contributed by atoms with E-state index in [1.807, 2.05) is 0 Å². The molecule has 0 amide bonds. The van der Waals surface area contributed by atoms with Crippen molar-refractivity contribution in [2.75, 3.05) is 0 Å². The first kappa shape index (κ1) is 9.82. The van der Waals surface area contributed by atoms with Gasteiger partial charge in [0.1, 0.15) is 0 Å². The Morgan fingerprint density at radius 2 is 1.83 bits per heavy atom. The summed E-state index contributed by atoms with van der Waals surface area (Å²) in [6.45, 7) is 2.26. The Balaban J connectivity index is 2.16. The van der Waals surface area contributed by atoms with Crippen molar-refractivity contribution in [1.29, 1.82) is 0 Å². The van der Waals surface area contributed by atoms with Crippen LogP contribution in [0.15, 0.2) is 30.3 Å². The molecular weight excluding hydrogens is 211 g/mol. The van der Waals surface area contributed by atoms with Crippen LogP contribution in [0.2, 0.25) is 5.32 Å². The standard InChI is InChI=1S/C11H16Se/c1-2-3-7-10-12-11-8-5-4-6-9-11/h4-6,8-9H,2-3,7,10H2,1H3. The fraction of sp³-hybridized carbons (Fsp3) is 0.455. The molecule has 1 heteroatoms. The molecule has 1 rings (SSSR count). The average molecular weight is 227 g/mol. The van der Waals surface area contributed by atoms with Gasteiger partial charge in [-0.1, -0.05) is 0 Å². The summed E-state index contributed by atoms with van der Waals surface area (Å²) in [6.07, 6.45) is 4.14. The molecule has 1 aromatic rings. The molecule has 0 aliphatic rings. The quantitative estimate of drug-likeness (QED) is 0.536. The number of benzene rings is 1. The van der Waals surface area contributed by atoms with Crippen LogP contribution in [0.3, 0.4) is 0 Å². The fourth-order valence-corrected chi connectivity index (χ4v) is 3.02. The predicted molar refractivity (Wildman–Crippen MR) is 56.2 cm³/mol. The molecule has 0 spiro atoms. The van der Waals surface area contributed by atoms with E-state index in [1.54, 1.807) is 4.46 Å². The summed E-state index contributed by atoms with van der Waals surface area (Å²) in [6, 6.07) is 10.8. The molecule has 0 saturated carbocycles. The van der Waals surface area contributed by atoms with Gasteiger partial charge in [0.05, 0.1) is 0 Å². The summed E-state index contributed by atoms with van der Waals surface area (Å²) in [7, 11) is 0. The van der Waals surface area contributed by atoms with E-state index in [0.29, 0.717) is 0 Å². The number of unbranched alkanes of at least 4 members (excludes halogenated alkanes) is 2. The fourth-order valence-electron chi connectivity index (χ4n) is 1.06. The average Bonchev–Trinajstić information content (AvgIpc) is 2.14. The van der Waals surface area contributed by atoms with Crippen molar-refractivity contribution in [3.05, 3.63) is 30.3 Å². The zero-order valence-electron chi connectivity index (χ0n) is 7.62. The molecule has 12 heavy (non-hydrogen) atoms. The van der Waals surface area contributed by atoms with Crippen LogP contribution in [0.1, 0.15) is 26.2 Å². The Kier molecular flexibility index (Phi) is 5.14. The number of hydrogen-bond acceptors (Lipinski definition) is 0. The van der Waals surface area contributed by atoms with Gasteiger partial charge < -0.3 is 0 Å². The van der Waals surface area contributed by atoms with Gasteiger partial charge in [0, 0.05) is 0 Å². The minimum absolute atomic E-state index is 0.719. The van der Waals surface area contributed by atoms with E-state index < -0.39 is 0 Å². The molecule has 66 valence electrons. The van der Waals surface area contributed by atoms with Crippen LogP contribution < -0.4 is 4.46 Å². The molecule has 1 aromatic carbocycles. The zero-order valence-corrected chi connectivity index (χ0v) is 9.34. The van der Waals surface area contributed by atoms with Crippen LogP contribution >= 0.6 is 0 Å². The van der Waals surface area contributed by atoms with Gasteiger partial charge in [0.2, 0.25) is 0 Å². The molecule has 0 heterocycles. The van der Waals surface area contributed by atoms with Gasteiger partial charge in [-0.3, -0.25) is 0 Å². The molecule has 0 saturated heterocycles. The monoisotopic (exact) mass is 228 g/mol. The van der Waals surface area contributed by atoms with Gasteiger partial charge in [-0.25, -0.2) is 0 Å². The molecule has 0 nitrogen and oxygen atoms in total. The summed E-state index contributed by atoms with van der Waals surface area (Å²) in [5.41, 5.74) is 0. The van der Waals surface area contributed by atoms with Crippen LogP contribution in [0.25, 0.3) is 0 Å². The number of hydrogen-bond donors (Lipinski definition) is 0. The van der Waals surface area contributed by atoms with Crippen molar-refractivity contribution < 1.29 is 0 Å². The van der Waals surface area contributed by atoms with E-state index in [-0.39, 0.29) is 0 Å². The van der Waals surface area contributed by atoms with Crippen molar-refractivity contribution in [1.82, 2.24) is 0 Å². The third-order valence-electron chi connectivity index (χ3n) is 1.76. The van der Waals surface area contributed by atoms with Crippen molar-refractivity contribution in [2.45, 2.75) is 31.5 Å². The summed E-state index contributed by atoms with van der Waals surface area (Å²) in [5, 5.41) is 1.41. The van der Waals surface area contributed by atoms with E-state index in [2.05, 4.69) is 37.3 Å². The second-order valence-electron chi connectivity index (χ2n) is 2.87. The molecule has 0 fully saturated rings. The molecule has 0 N–H and O–H groups in total. The van der Waals surface area contributed by atoms with Crippen LogP contribution in [-0.4, -0.2) is 15.0 Å². The SMILES string of the molecule is CCCCC[Se]c1ccccc1. The Morgan fingerprint density at radius 3 is 2.50 bits per heavy atom. The summed E-state index contributed by atoms with van der Waals surface area (Å²) >= 11 is 0.719. The van der Waals surface area contributed by atoms with Crippen LogP contribution in [0, 0.1) is 0 Å². The predicted octanol–water partition coefficient (Wildman–Crippen LogP) is 2.62. The second kappa shape index (κ2) is 6.28. The van der Waals surface area contributed by atoms with Crippen LogP contribution in [0.4, 0.5) is 0 Å². The van der Waals surface area contributed by atoms with Gasteiger partial charge in [-0.05, 0) is 0 Å². The van der Waals surface area contributed by atoms with Crippen molar-refractivity contribution in [3.8, 4) is 0 Å². The Labute approximate surface area is 81.5 Å². The Morgan fingerprint density at radius 1 is 1.08 bits per heavy atom. The summed E-state index contributed by atoms with van der Waals surface area (Å²) in [4.78, 5) is 0. The summed E-state index contributed by atoms with van der Waals surface area (Å²) < 4.78 is 1.54. The van der Waals surface area contributed by atoms with E-state index >= 15 is 0 Å². The molecular formula is C11H16Se. The topological polar surface area (TPSA) is 0 Å². The molecule has 0 bridgehead atoms. The first-order chi connectivity index (χ1) is 5.93. The second-order valence-corrected chi connectivity index (χ2v) is 5.32. The maximum atomic E-state index is 2.26. The van der Waals surface area contributed by atoms with E-state index in [4.69, 9.17) is 0 Å². The molecule has 0 aliphatic carbocycles. The third kappa shape index (κ3) is 3.94. The zero-order chi connectivity index (χ0) is 8.65. The number of rotatable bonds is 5. The first-order valence-electron chi connectivity index (χ1n) is 4.61. The van der Waals surface area contributed by atoms with E-state index in [0.717, 1.165) is 15.0 Å². The van der Waals surface area contributed by atoms with Crippen LogP contribution in [0.5, 0.6) is 0 Å². The Bertz CT molecular complexity index is 193. The normalized spacial score (nSPS) is 10.1. The molecule has 0 unspecified atom stereocenters. The van der Waals surface area contributed by atoms with Gasteiger partial charge in [-0.2, -0.15) is 0 Å². The molecule has 0 radical (unpaired) electrons. The maximum absolute atomic E-state index is 2.26.